The molecular formula is C50H83NO5. The number of hydrogen-bond acceptors (Lipinski definition) is 5. The van der Waals surface area contributed by atoms with E-state index in [4.69, 9.17) is 4.74 Å². The SMILES string of the molecule is CC/C=C/C=C/C=C\C=C/C=C/CC(CC(=O)NC(CO)C(O)CCCCCCCCCCCCC)OC(=O)CCCCCCCCC/C=C/C=C/C=C/CC. The molecule has 0 aromatic rings. The number of unbranched alkanes of at least 4 members (excludes halogenated alkanes) is 17. The van der Waals surface area contributed by atoms with Gasteiger partial charge in [0.25, 0.3) is 0 Å². The quantitative estimate of drug-likeness (QED) is 0.0330. The van der Waals surface area contributed by atoms with Crippen LogP contribution in [0.3, 0.4) is 0 Å². The van der Waals surface area contributed by atoms with Gasteiger partial charge in [0.1, 0.15) is 6.10 Å². The zero-order valence-electron chi connectivity index (χ0n) is 36.0. The summed E-state index contributed by atoms with van der Waals surface area (Å²) in [4.78, 5) is 25.9. The standard InChI is InChI=1S/C50H83NO5/c1-4-7-10-13-16-19-22-23-24-25-28-31-34-37-40-43-50(55)56-46(41-38-35-32-29-26-20-17-14-11-8-5-2)44-49(54)51-47(45-52)48(53)42-39-36-33-30-27-21-18-15-12-9-6-3/h7-8,10-11,13-14,16-17,19-20,22,26,29,32,35,38,46-48,52-53H,4-6,9,12,15,18,21,23-25,27-28,30-31,33-34,36-37,39-45H2,1-3H3,(H,51,54)/b10-7+,11-8+,16-13+,17-14+,22-19+,26-20-,32-29-,38-35+. The second kappa shape index (κ2) is 42.9. The van der Waals surface area contributed by atoms with Crippen molar-refractivity contribution >= 4 is 11.9 Å². The molecule has 0 rings (SSSR count). The molecule has 0 aliphatic heterocycles. The van der Waals surface area contributed by atoms with E-state index >= 15 is 0 Å². The molecule has 0 fully saturated rings. The maximum Gasteiger partial charge on any atom is 0.306 e. The van der Waals surface area contributed by atoms with Crippen LogP contribution in [0.2, 0.25) is 0 Å². The van der Waals surface area contributed by atoms with E-state index in [1.807, 2.05) is 54.7 Å². The van der Waals surface area contributed by atoms with Gasteiger partial charge in [-0.25, -0.2) is 0 Å². The van der Waals surface area contributed by atoms with Crippen LogP contribution in [0.4, 0.5) is 0 Å². The number of rotatable bonds is 38. The molecule has 56 heavy (non-hydrogen) atoms. The van der Waals surface area contributed by atoms with Crippen molar-refractivity contribution in [2.45, 2.75) is 200 Å². The van der Waals surface area contributed by atoms with Crippen LogP contribution < -0.4 is 5.32 Å². The Kier molecular flexibility index (Phi) is 40.4. The lowest BCUT2D eigenvalue weighted by molar-refractivity contribution is -0.150. The van der Waals surface area contributed by atoms with Gasteiger partial charge in [-0.1, -0.05) is 221 Å². The molecule has 0 aromatic carbocycles. The Bertz CT molecular complexity index is 1140. The van der Waals surface area contributed by atoms with Crippen LogP contribution in [-0.2, 0) is 14.3 Å². The van der Waals surface area contributed by atoms with Crippen LogP contribution in [-0.4, -0.2) is 46.9 Å². The molecule has 3 atom stereocenters. The fraction of sp³-hybridized carbons (Fsp3) is 0.640. The molecule has 0 aliphatic rings. The van der Waals surface area contributed by atoms with Gasteiger partial charge in [0.05, 0.1) is 25.2 Å². The van der Waals surface area contributed by atoms with Gasteiger partial charge >= 0.3 is 5.97 Å². The largest absolute Gasteiger partial charge is 0.461 e. The van der Waals surface area contributed by atoms with Crippen LogP contribution in [0.15, 0.2) is 97.2 Å². The number of carbonyl (C=O) groups excluding carboxylic acids is 2. The van der Waals surface area contributed by atoms with E-state index in [-0.39, 0.29) is 24.9 Å². The summed E-state index contributed by atoms with van der Waals surface area (Å²) >= 11 is 0. The smallest absolute Gasteiger partial charge is 0.306 e. The molecule has 0 radical (unpaired) electrons. The first-order chi connectivity index (χ1) is 27.5. The number of carbonyl (C=O) groups is 2. The monoisotopic (exact) mass is 778 g/mol. The highest BCUT2D eigenvalue weighted by Crippen LogP contribution is 2.15. The fourth-order valence-electron chi connectivity index (χ4n) is 6.21. The predicted octanol–water partition coefficient (Wildman–Crippen LogP) is 13.0. The first-order valence-electron chi connectivity index (χ1n) is 22.6. The number of aliphatic hydroxyl groups excluding tert-OH is 2. The Balaban J connectivity index is 4.75. The van der Waals surface area contributed by atoms with Crippen molar-refractivity contribution in [3.8, 4) is 0 Å². The normalized spacial score (nSPS) is 14.3. The van der Waals surface area contributed by atoms with Crippen LogP contribution >= 0.6 is 0 Å². The van der Waals surface area contributed by atoms with Crippen molar-refractivity contribution in [2.75, 3.05) is 6.61 Å². The molecule has 6 heteroatoms. The molecule has 0 spiro atoms. The minimum absolute atomic E-state index is 0.0290. The van der Waals surface area contributed by atoms with Gasteiger partial charge < -0.3 is 20.3 Å². The first kappa shape index (κ1) is 52.8. The molecule has 0 aliphatic carbocycles. The Labute approximate surface area is 344 Å². The maximum atomic E-state index is 13.1. The summed E-state index contributed by atoms with van der Waals surface area (Å²) in [7, 11) is 0. The van der Waals surface area contributed by atoms with E-state index in [1.165, 1.54) is 77.0 Å². The molecule has 1 amide bonds. The van der Waals surface area contributed by atoms with Crippen molar-refractivity contribution in [3.63, 3.8) is 0 Å². The van der Waals surface area contributed by atoms with Crippen molar-refractivity contribution < 1.29 is 24.5 Å². The van der Waals surface area contributed by atoms with E-state index in [0.29, 0.717) is 19.3 Å². The van der Waals surface area contributed by atoms with E-state index < -0.39 is 18.2 Å². The summed E-state index contributed by atoms with van der Waals surface area (Å²) in [5, 5.41) is 23.5. The molecule has 318 valence electrons. The fourth-order valence-corrected chi connectivity index (χ4v) is 6.21. The third-order valence-electron chi connectivity index (χ3n) is 9.60. The van der Waals surface area contributed by atoms with Crippen molar-refractivity contribution in [2.24, 2.45) is 0 Å². The Morgan fingerprint density at radius 1 is 0.554 bits per heavy atom. The maximum absolute atomic E-state index is 13.1. The molecule has 3 N–H and O–H groups in total. The number of hydrogen-bond donors (Lipinski definition) is 3. The first-order valence-corrected chi connectivity index (χ1v) is 22.6. The highest BCUT2D eigenvalue weighted by atomic mass is 16.5. The van der Waals surface area contributed by atoms with Gasteiger partial charge in [0.2, 0.25) is 5.91 Å². The van der Waals surface area contributed by atoms with Gasteiger partial charge in [-0.05, 0) is 38.5 Å². The van der Waals surface area contributed by atoms with Crippen LogP contribution in [0.5, 0.6) is 0 Å². The van der Waals surface area contributed by atoms with Crippen molar-refractivity contribution in [3.05, 3.63) is 97.2 Å². The van der Waals surface area contributed by atoms with E-state index in [9.17, 15) is 19.8 Å². The van der Waals surface area contributed by atoms with Crippen molar-refractivity contribution in [1.82, 2.24) is 5.32 Å². The average Bonchev–Trinajstić information content (AvgIpc) is 3.19. The Hall–Kier alpha value is -3.22. The lowest BCUT2D eigenvalue weighted by Gasteiger charge is -2.24. The van der Waals surface area contributed by atoms with Crippen LogP contribution in [0, 0.1) is 0 Å². The van der Waals surface area contributed by atoms with E-state index in [1.54, 1.807) is 0 Å². The minimum Gasteiger partial charge on any atom is -0.461 e. The average molecular weight is 778 g/mol. The van der Waals surface area contributed by atoms with E-state index in [0.717, 1.165) is 57.8 Å². The van der Waals surface area contributed by atoms with Gasteiger partial charge in [-0.2, -0.15) is 0 Å². The minimum atomic E-state index is -0.823. The lowest BCUT2D eigenvalue weighted by Crippen LogP contribution is -2.46. The second-order valence-electron chi connectivity index (χ2n) is 14.9. The summed E-state index contributed by atoms with van der Waals surface area (Å²) in [6.45, 7) is 6.13. The molecule has 0 saturated heterocycles. The number of ether oxygens (including phenoxy) is 1. The Morgan fingerprint density at radius 2 is 1.00 bits per heavy atom. The molecule has 6 nitrogen and oxygen atoms in total. The number of esters is 1. The van der Waals surface area contributed by atoms with Crippen LogP contribution in [0.1, 0.15) is 181 Å². The lowest BCUT2D eigenvalue weighted by atomic mass is 10.0. The summed E-state index contributed by atoms with van der Waals surface area (Å²) in [5.74, 6) is -0.633. The zero-order valence-corrected chi connectivity index (χ0v) is 36.0. The third-order valence-corrected chi connectivity index (χ3v) is 9.60. The Morgan fingerprint density at radius 3 is 1.52 bits per heavy atom. The highest BCUT2D eigenvalue weighted by molar-refractivity contribution is 5.77. The summed E-state index contributed by atoms with van der Waals surface area (Å²) in [6, 6.07) is -0.745. The molecule has 3 unspecified atom stereocenters. The van der Waals surface area contributed by atoms with Gasteiger partial charge in [0.15, 0.2) is 0 Å². The number of aliphatic hydroxyl groups is 2. The number of allylic oxidation sites excluding steroid dienone is 15. The van der Waals surface area contributed by atoms with Gasteiger partial charge in [-0.3, -0.25) is 9.59 Å². The van der Waals surface area contributed by atoms with E-state index in [2.05, 4.69) is 68.6 Å². The molecule has 0 aromatic heterocycles. The van der Waals surface area contributed by atoms with Crippen molar-refractivity contribution in [1.29, 1.82) is 0 Å². The second-order valence-corrected chi connectivity index (χ2v) is 14.9. The summed E-state index contributed by atoms with van der Waals surface area (Å²) < 4.78 is 5.81. The highest BCUT2D eigenvalue weighted by Gasteiger charge is 2.23. The molecule has 0 heterocycles. The zero-order chi connectivity index (χ0) is 41.0. The number of nitrogens with one attached hydrogen (secondary N) is 1. The molecule has 0 saturated carbocycles. The topological polar surface area (TPSA) is 95.9 Å². The molecule has 0 bridgehead atoms. The summed E-state index contributed by atoms with van der Waals surface area (Å²) in [6.07, 6.45) is 56.3. The predicted molar refractivity (Wildman–Crippen MR) is 240 cm³/mol. The third kappa shape index (κ3) is 37.7. The van der Waals surface area contributed by atoms with Gasteiger partial charge in [0, 0.05) is 12.8 Å². The summed E-state index contributed by atoms with van der Waals surface area (Å²) in [5.41, 5.74) is 0. The van der Waals surface area contributed by atoms with Crippen LogP contribution in [0.25, 0.3) is 0 Å². The van der Waals surface area contributed by atoms with Gasteiger partial charge in [-0.15, -0.1) is 0 Å². The number of amides is 1. The molecular weight excluding hydrogens is 695 g/mol.